The summed E-state index contributed by atoms with van der Waals surface area (Å²) in [5.74, 6) is -0.390. The van der Waals surface area contributed by atoms with Crippen molar-refractivity contribution in [3.63, 3.8) is 0 Å². The third kappa shape index (κ3) is 6.04. The number of fused-ring (bicyclic) bond motifs is 1. The van der Waals surface area contributed by atoms with E-state index in [4.69, 9.17) is 9.84 Å². The smallest absolute Gasteiger partial charge is 0.303 e. The zero-order chi connectivity index (χ0) is 18.9. The van der Waals surface area contributed by atoms with Crippen LogP contribution in [0.3, 0.4) is 0 Å². The highest BCUT2D eigenvalue weighted by molar-refractivity contribution is 5.88. The van der Waals surface area contributed by atoms with Crippen molar-refractivity contribution in [2.24, 2.45) is 0 Å². The van der Waals surface area contributed by atoms with E-state index in [9.17, 15) is 9.59 Å². The summed E-state index contributed by atoms with van der Waals surface area (Å²) in [4.78, 5) is 24.3. The van der Waals surface area contributed by atoms with Crippen LogP contribution < -0.4 is 10.1 Å². The first-order valence-corrected chi connectivity index (χ1v) is 8.74. The second kappa shape index (κ2) is 9.77. The van der Waals surface area contributed by atoms with Gasteiger partial charge in [0, 0.05) is 25.1 Å². The van der Waals surface area contributed by atoms with Gasteiger partial charge in [0.1, 0.15) is 12.4 Å². The van der Waals surface area contributed by atoms with E-state index in [-0.39, 0.29) is 18.7 Å². The van der Waals surface area contributed by atoms with E-state index >= 15 is 0 Å². The molecule has 0 saturated carbocycles. The summed E-state index contributed by atoms with van der Waals surface area (Å²) in [7, 11) is 3.99. The molecule has 0 radical (unpaired) electrons. The number of carbonyl (C=O) groups is 2. The predicted octanol–water partition coefficient (Wildman–Crippen LogP) is 2.30. The Morgan fingerprint density at radius 1 is 1.12 bits per heavy atom. The van der Waals surface area contributed by atoms with Gasteiger partial charge in [-0.15, -0.1) is 0 Å². The minimum Gasteiger partial charge on any atom is -0.492 e. The van der Waals surface area contributed by atoms with E-state index in [1.165, 1.54) is 0 Å². The zero-order valence-electron chi connectivity index (χ0n) is 15.3. The number of hydrogen-bond donors (Lipinski definition) is 2. The lowest BCUT2D eigenvalue weighted by atomic mass is 10.0. The molecule has 2 aromatic carbocycles. The van der Waals surface area contributed by atoms with Gasteiger partial charge in [-0.05, 0) is 37.4 Å². The van der Waals surface area contributed by atoms with Gasteiger partial charge in [-0.1, -0.05) is 30.3 Å². The quantitative estimate of drug-likeness (QED) is 0.681. The minimum absolute atomic E-state index is 0.00291. The first kappa shape index (κ1) is 19.7. The van der Waals surface area contributed by atoms with E-state index < -0.39 is 5.97 Å². The number of carbonyl (C=O) groups excluding carboxylic acids is 1. The lowest BCUT2D eigenvalue weighted by molar-refractivity contribution is -0.138. The molecule has 0 fully saturated rings. The largest absolute Gasteiger partial charge is 0.492 e. The van der Waals surface area contributed by atoms with Crippen LogP contribution in [-0.2, 0) is 16.0 Å². The van der Waals surface area contributed by atoms with Crippen LogP contribution in [0.2, 0.25) is 0 Å². The molecule has 0 aliphatic heterocycles. The van der Waals surface area contributed by atoms with Crippen molar-refractivity contribution in [3.05, 3.63) is 42.0 Å². The molecule has 2 aromatic rings. The molecule has 0 bridgehead atoms. The molecular weight excluding hydrogens is 332 g/mol. The van der Waals surface area contributed by atoms with Crippen LogP contribution in [0.25, 0.3) is 10.8 Å². The normalized spacial score (nSPS) is 10.9. The average Bonchev–Trinajstić information content (AvgIpc) is 2.61. The first-order chi connectivity index (χ1) is 12.5. The van der Waals surface area contributed by atoms with E-state index in [2.05, 4.69) is 16.3 Å². The number of likely N-dealkylation sites (N-methyl/N-ethyl adjacent to an activating group) is 1. The van der Waals surface area contributed by atoms with Crippen LogP contribution in [0.1, 0.15) is 18.4 Å². The van der Waals surface area contributed by atoms with Crippen LogP contribution in [-0.4, -0.2) is 55.7 Å². The molecule has 2 N–H and O–H groups in total. The second-order valence-corrected chi connectivity index (χ2v) is 6.41. The van der Waals surface area contributed by atoms with Crippen molar-refractivity contribution in [2.75, 3.05) is 33.8 Å². The van der Waals surface area contributed by atoms with Crippen LogP contribution in [0.4, 0.5) is 0 Å². The Morgan fingerprint density at radius 2 is 1.88 bits per heavy atom. The van der Waals surface area contributed by atoms with Crippen molar-refractivity contribution in [1.82, 2.24) is 10.2 Å². The van der Waals surface area contributed by atoms with E-state index in [0.29, 0.717) is 19.6 Å². The van der Waals surface area contributed by atoms with Crippen molar-refractivity contribution in [2.45, 2.75) is 19.3 Å². The van der Waals surface area contributed by atoms with Gasteiger partial charge in [-0.2, -0.15) is 0 Å². The highest BCUT2D eigenvalue weighted by Crippen LogP contribution is 2.28. The summed E-state index contributed by atoms with van der Waals surface area (Å²) in [5, 5.41) is 13.7. The topological polar surface area (TPSA) is 78.9 Å². The van der Waals surface area contributed by atoms with Crippen LogP contribution in [0.15, 0.2) is 36.4 Å². The van der Waals surface area contributed by atoms with Crippen molar-refractivity contribution < 1.29 is 19.4 Å². The lowest BCUT2D eigenvalue weighted by Gasteiger charge is -2.16. The third-order valence-corrected chi connectivity index (χ3v) is 4.06. The van der Waals surface area contributed by atoms with Gasteiger partial charge in [0.15, 0.2) is 0 Å². The molecule has 0 aliphatic carbocycles. The zero-order valence-corrected chi connectivity index (χ0v) is 15.3. The third-order valence-electron chi connectivity index (χ3n) is 4.06. The number of amides is 1. The van der Waals surface area contributed by atoms with Crippen molar-refractivity contribution in [1.29, 1.82) is 0 Å². The molecule has 0 heterocycles. The number of nitrogens with zero attached hydrogens (tertiary/aromatic N) is 1. The predicted molar refractivity (Wildman–Crippen MR) is 102 cm³/mol. The molecule has 6 heteroatoms. The van der Waals surface area contributed by atoms with Gasteiger partial charge in [0.25, 0.3) is 0 Å². The summed E-state index contributed by atoms with van der Waals surface area (Å²) in [5.41, 5.74) is 1.06. The van der Waals surface area contributed by atoms with Gasteiger partial charge >= 0.3 is 5.97 Å². The second-order valence-electron chi connectivity index (χ2n) is 6.41. The molecule has 1 amide bonds. The Hall–Kier alpha value is -2.60. The molecule has 0 aromatic heterocycles. The van der Waals surface area contributed by atoms with Crippen molar-refractivity contribution in [3.8, 4) is 5.75 Å². The minimum atomic E-state index is -0.967. The number of carboxylic acid groups (broad SMARTS) is 1. The van der Waals surface area contributed by atoms with Gasteiger partial charge < -0.3 is 20.1 Å². The van der Waals surface area contributed by atoms with E-state index in [1.54, 1.807) is 0 Å². The fraction of sp³-hybridized carbons (Fsp3) is 0.400. The monoisotopic (exact) mass is 358 g/mol. The summed E-state index contributed by atoms with van der Waals surface area (Å²) in [6.07, 6.45) is 0.466. The fourth-order valence-electron chi connectivity index (χ4n) is 2.68. The lowest BCUT2D eigenvalue weighted by Crippen LogP contribution is -2.26. The van der Waals surface area contributed by atoms with Crippen LogP contribution >= 0.6 is 0 Å². The maximum Gasteiger partial charge on any atom is 0.303 e. The number of ether oxygens (including phenoxy) is 1. The van der Waals surface area contributed by atoms with E-state index in [0.717, 1.165) is 28.6 Å². The maximum atomic E-state index is 11.7. The average molecular weight is 358 g/mol. The Morgan fingerprint density at radius 3 is 2.62 bits per heavy atom. The molecule has 0 unspecified atom stereocenters. The van der Waals surface area contributed by atoms with Crippen LogP contribution in [0.5, 0.6) is 5.75 Å². The van der Waals surface area contributed by atoms with Gasteiger partial charge in [0.05, 0.1) is 6.42 Å². The summed E-state index contributed by atoms with van der Waals surface area (Å²) in [6, 6.07) is 12.1. The molecule has 6 nitrogen and oxygen atoms in total. The molecule has 140 valence electrons. The number of rotatable bonds is 10. The van der Waals surface area contributed by atoms with Crippen LogP contribution in [0, 0.1) is 0 Å². The van der Waals surface area contributed by atoms with E-state index in [1.807, 2.05) is 44.4 Å². The Balaban J connectivity index is 2.07. The summed E-state index contributed by atoms with van der Waals surface area (Å²) >= 11 is 0. The first-order valence-electron chi connectivity index (χ1n) is 8.74. The Labute approximate surface area is 153 Å². The SMILES string of the molecule is CN(C)CCOc1ccc2ccccc2c1CCNC(=O)CCC(=O)O. The molecule has 26 heavy (non-hydrogen) atoms. The van der Waals surface area contributed by atoms with Gasteiger partial charge in [-0.25, -0.2) is 0 Å². The molecular formula is C20H26N2O4. The van der Waals surface area contributed by atoms with Gasteiger partial charge in [-0.3, -0.25) is 9.59 Å². The summed E-state index contributed by atoms with van der Waals surface area (Å²) < 4.78 is 5.96. The standard InChI is InChI=1S/C20H26N2O4/c1-22(2)13-14-26-18-8-7-15-5-3-4-6-16(15)17(18)11-12-21-19(23)9-10-20(24)25/h3-8H,9-14H2,1-2H3,(H,21,23)(H,24,25). The van der Waals surface area contributed by atoms with Crippen molar-refractivity contribution >= 4 is 22.6 Å². The molecule has 0 spiro atoms. The Kier molecular flexibility index (Phi) is 7.41. The molecule has 0 saturated heterocycles. The molecule has 0 atom stereocenters. The summed E-state index contributed by atoms with van der Waals surface area (Å²) in [6.45, 7) is 1.85. The Bertz CT molecular complexity index is 759. The maximum absolute atomic E-state index is 11.7. The number of benzene rings is 2. The highest BCUT2D eigenvalue weighted by atomic mass is 16.5. The number of hydrogen-bond acceptors (Lipinski definition) is 4. The van der Waals surface area contributed by atoms with Gasteiger partial charge in [0.2, 0.25) is 5.91 Å². The number of nitrogens with one attached hydrogen (secondary N) is 1. The number of aliphatic carboxylic acids is 1. The highest BCUT2D eigenvalue weighted by Gasteiger charge is 2.10. The molecule has 2 rings (SSSR count). The molecule has 0 aliphatic rings. The fourth-order valence-corrected chi connectivity index (χ4v) is 2.68. The number of carboxylic acids is 1.